The van der Waals surface area contributed by atoms with E-state index in [-0.39, 0.29) is 23.0 Å². The molecule has 0 heterocycles. The summed E-state index contributed by atoms with van der Waals surface area (Å²) in [6.07, 6.45) is 0.793. The molecule has 96 valence electrons. The van der Waals surface area contributed by atoms with Gasteiger partial charge in [0.1, 0.15) is 0 Å². The standard InChI is InChI=1S/C13H21FN2O/c1-13(2,6-7-15)12(16)9-4-5-11(17-3)10(14)8-9/h4-5,8,12H,6-7,15-16H2,1-3H3. The van der Waals surface area contributed by atoms with Crippen LogP contribution in [0.5, 0.6) is 5.75 Å². The number of hydrogen-bond acceptors (Lipinski definition) is 3. The molecule has 0 spiro atoms. The largest absolute Gasteiger partial charge is 0.494 e. The monoisotopic (exact) mass is 240 g/mol. The molecule has 1 atom stereocenters. The summed E-state index contributed by atoms with van der Waals surface area (Å²) in [5.41, 5.74) is 12.3. The van der Waals surface area contributed by atoms with Gasteiger partial charge in [0.15, 0.2) is 11.6 Å². The van der Waals surface area contributed by atoms with Crippen molar-refractivity contribution in [3.05, 3.63) is 29.6 Å². The van der Waals surface area contributed by atoms with E-state index in [0.717, 1.165) is 12.0 Å². The lowest BCUT2D eigenvalue weighted by Crippen LogP contribution is -2.31. The highest BCUT2D eigenvalue weighted by atomic mass is 19.1. The van der Waals surface area contributed by atoms with E-state index in [9.17, 15) is 4.39 Å². The van der Waals surface area contributed by atoms with E-state index < -0.39 is 0 Å². The molecule has 0 fully saturated rings. The van der Waals surface area contributed by atoms with Gasteiger partial charge < -0.3 is 16.2 Å². The van der Waals surface area contributed by atoms with Crippen LogP contribution in [0.1, 0.15) is 31.9 Å². The predicted octanol–water partition coefficient (Wildman–Crippen LogP) is 2.21. The Labute approximate surface area is 102 Å². The quantitative estimate of drug-likeness (QED) is 0.829. The molecule has 0 aliphatic carbocycles. The molecule has 1 aromatic rings. The Bertz CT molecular complexity index is 380. The minimum Gasteiger partial charge on any atom is -0.494 e. The Kier molecular flexibility index (Phi) is 4.48. The van der Waals surface area contributed by atoms with Gasteiger partial charge in [0, 0.05) is 6.04 Å². The number of rotatable bonds is 5. The normalized spacial score (nSPS) is 13.5. The lowest BCUT2D eigenvalue weighted by molar-refractivity contribution is 0.270. The van der Waals surface area contributed by atoms with Crippen LogP contribution < -0.4 is 16.2 Å². The topological polar surface area (TPSA) is 61.3 Å². The summed E-state index contributed by atoms with van der Waals surface area (Å²) in [5.74, 6) is -0.151. The van der Waals surface area contributed by atoms with Gasteiger partial charge in [-0.25, -0.2) is 4.39 Å². The van der Waals surface area contributed by atoms with Crippen molar-refractivity contribution >= 4 is 0 Å². The maximum absolute atomic E-state index is 13.6. The van der Waals surface area contributed by atoms with Crippen molar-refractivity contribution in [1.29, 1.82) is 0 Å². The van der Waals surface area contributed by atoms with Gasteiger partial charge in [0.05, 0.1) is 7.11 Å². The molecule has 17 heavy (non-hydrogen) atoms. The summed E-state index contributed by atoms with van der Waals surface area (Å²) >= 11 is 0. The molecule has 4 heteroatoms. The van der Waals surface area contributed by atoms with Crippen molar-refractivity contribution in [2.24, 2.45) is 16.9 Å². The van der Waals surface area contributed by atoms with Crippen molar-refractivity contribution in [3.8, 4) is 5.75 Å². The lowest BCUT2D eigenvalue weighted by Gasteiger charge is -2.31. The van der Waals surface area contributed by atoms with E-state index in [1.54, 1.807) is 12.1 Å². The Balaban J connectivity index is 2.96. The third-order valence-corrected chi connectivity index (χ3v) is 3.17. The molecule has 0 aliphatic heterocycles. The zero-order chi connectivity index (χ0) is 13.1. The third-order valence-electron chi connectivity index (χ3n) is 3.17. The summed E-state index contributed by atoms with van der Waals surface area (Å²) in [6, 6.07) is 4.59. The van der Waals surface area contributed by atoms with Crippen molar-refractivity contribution < 1.29 is 9.13 Å². The number of ether oxygens (including phenoxy) is 1. The highest BCUT2D eigenvalue weighted by Crippen LogP contribution is 2.35. The van der Waals surface area contributed by atoms with Gasteiger partial charge in [0.25, 0.3) is 0 Å². The Hall–Kier alpha value is -1.13. The van der Waals surface area contributed by atoms with Crippen LogP contribution in [0.2, 0.25) is 0 Å². The van der Waals surface area contributed by atoms with Crippen LogP contribution in [-0.4, -0.2) is 13.7 Å². The van der Waals surface area contributed by atoms with E-state index in [1.807, 2.05) is 13.8 Å². The summed E-state index contributed by atoms with van der Waals surface area (Å²) in [7, 11) is 1.44. The molecular weight excluding hydrogens is 219 g/mol. The smallest absolute Gasteiger partial charge is 0.165 e. The van der Waals surface area contributed by atoms with Crippen LogP contribution in [0.25, 0.3) is 0 Å². The molecule has 0 amide bonds. The van der Waals surface area contributed by atoms with Gasteiger partial charge in [-0.15, -0.1) is 0 Å². The summed E-state index contributed by atoms with van der Waals surface area (Å²) < 4.78 is 18.5. The average molecular weight is 240 g/mol. The van der Waals surface area contributed by atoms with E-state index >= 15 is 0 Å². The average Bonchev–Trinajstić information content (AvgIpc) is 2.27. The first-order valence-electron chi connectivity index (χ1n) is 5.71. The minimum atomic E-state index is -0.385. The molecule has 4 N–H and O–H groups in total. The first-order chi connectivity index (χ1) is 7.92. The van der Waals surface area contributed by atoms with Gasteiger partial charge in [-0.05, 0) is 36.1 Å². The molecule has 1 rings (SSSR count). The summed E-state index contributed by atoms with van der Waals surface area (Å²) in [6.45, 7) is 4.64. The molecule has 0 radical (unpaired) electrons. The van der Waals surface area contributed by atoms with Crippen molar-refractivity contribution in [1.82, 2.24) is 0 Å². The van der Waals surface area contributed by atoms with Gasteiger partial charge in [-0.3, -0.25) is 0 Å². The predicted molar refractivity (Wildman–Crippen MR) is 67.3 cm³/mol. The number of nitrogens with two attached hydrogens (primary N) is 2. The van der Waals surface area contributed by atoms with E-state index in [0.29, 0.717) is 6.54 Å². The van der Waals surface area contributed by atoms with Crippen LogP contribution in [0.4, 0.5) is 4.39 Å². The molecule has 1 unspecified atom stereocenters. The van der Waals surface area contributed by atoms with Crippen molar-refractivity contribution in [2.45, 2.75) is 26.3 Å². The van der Waals surface area contributed by atoms with Crippen LogP contribution in [-0.2, 0) is 0 Å². The third kappa shape index (κ3) is 3.17. The first-order valence-corrected chi connectivity index (χ1v) is 5.71. The van der Waals surface area contributed by atoms with Crippen molar-refractivity contribution in [2.75, 3.05) is 13.7 Å². The van der Waals surface area contributed by atoms with Gasteiger partial charge in [-0.1, -0.05) is 19.9 Å². The van der Waals surface area contributed by atoms with Crippen LogP contribution >= 0.6 is 0 Å². The number of halogens is 1. The fourth-order valence-corrected chi connectivity index (χ4v) is 1.85. The van der Waals surface area contributed by atoms with E-state index in [4.69, 9.17) is 16.2 Å². The fourth-order valence-electron chi connectivity index (χ4n) is 1.85. The van der Waals surface area contributed by atoms with E-state index in [2.05, 4.69) is 0 Å². The Morgan fingerprint density at radius 1 is 1.41 bits per heavy atom. The minimum absolute atomic E-state index is 0.157. The Morgan fingerprint density at radius 2 is 2.06 bits per heavy atom. The van der Waals surface area contributed by atoms with Crippen LogP contribution in [0.15, 0.2) is 18.2 Å². The second-order valence-electron chi connectivity index (χ2n) is 4.90. The van der Waals surface area contributed by atoms with E-state index in [1.165, 1.54) is 13.2 Å². The van der Waals surface area contributed by atoms with Crippen LogP contribution in [0, 0.1) is 11.2 Å². The van der Waals surface area contributed by atoms with Crippen LogP contribution in [0.3, 0.4) is 0 Å². The molecule has 0 bridgehead atoms. The first kappa shape index (κ1) is 13.9. The zero-order valence-electron chi connectivity index (χ0n) is 10.7. The van der Waals surface area contributed by atoms with Gasteiger partial charge in [-0.2, -0.15) is 0 Å². The van der Waals surface area contributed by atoms with Gasteiger partial charge >= 0.3 is 0 Å². The SMILES string of the molecule is COc1ccc(C(N)C(C)(C)CCN)cc1F. The molecule has 0 aromatic heterocycles. The highest BCUT2D eigenvalue weighted by molar-refractivity contribution is 5.31. The highest BCUT2D eigenvalue weighted by Gasteiger charge is 2.27. The fraction of sp³-hybridized carbons (Fsp3) is 0.538. The number of benzene rings is 1. The molecule has 3 nitrogen and oxygen atoms in total. The summed E-state index contributed by atoms with van der Waals surface area (Å²) in [4.78, 5) is 0. The second-order valence-corrected chi connectivity index (χ2v) is 4.90. The lowest BCUT2D eigenvalue weighted by atomic mass is 9.78. The van der Waals surface area contributed by atoms with Crippen molar-refractivity contribution in [3.63, 3.8) is 0 Å². The Morgan fingerprint density at radius 3 is 2.53 bits per heavy atom. The molecule has 1 aromatic carbocycles. The number of hydrogen-bond donors (Lipinski definition) is 2. The molecule has 0 saturated heterocycles. The zero-order valence-corrected chi connectivity index (χ0v) is 10.7. The van der Waals surface area contributed by atoms with Gasteiger partial charge in [0.2, 0.25) is 0 Å². The molecule has 0 saturated carbocycles. The maximum Gasteiger partial charge on any atom is 0.165 e. The summed E-state index contributed by atoms with van der Waals surface area (Å²) in [5, 5.41) is 0. The second kappa shape index (κ2) is 5.47. The molecular formula is C13H21FN2O. The molecule has 0 aliphatic rings. The maximum atomic E-state index is 13.6. The number of methoxy groups -OCH3 is 1.